The first-order valence-electron chi connectivity index (χ1n) is 34.6. The van der Waals surface area contributed by atoms with Gasteiger partial charge >= 0.3 is 17.9 Å². The number of esters is 3. The van der Waals surface area contributed by atoms with Crippen molar-refractivity contribution < 1.29 is 28.6 Å². The van der Waals surface area contributed by atoms with E-state index in [2.05, 4.69) is 106 Å². The number of hydrogen-bond acceptors (Lipinski definition) is 6. The molecule has 0 rings (SSSR count). The van der Waals surface area contributed by atoms with Crippen LogP contribution in [0.5, 0.6) is 0 Å². The summed E-state index contributed by atoms with van der Waals surface area (Å²) in [7, 11) is 0. The molecule has 0 aromatic heterocycles. The number of ether oxygens (including phenoxy) is 3. The van der Waals surface area contributed by atoms with Gasteiger partial charge in [0.2, 0.25) is 0 Å². The molecule has 6 heteroatoms. The number of carbonyl (C=O) groups is 3. The summed E-state index contributed by atoms with van der Waals surface area (Å²) in [6.07, 6.45) is 90.4. The summed E-state index contributed by atoms with van der Waals surface area (Å²) in [5.41, 5.74) is 0. The van der Waals surface area contributed by atoms with Crippen LogP contribution in [0, 0.1) is 0 Å². The highest BCUT2D eigenvalue weighted by molar-refractivity contribution is 5.71. The Morgan fingerprint density at radius 3 is 0.775 bits per heavy atom. The third-order valence-corrected chi connectivity index (χ3v) is 15.1. The van der Waals surface area contributed by atoms with Crippen LogP contribution in [0.3, 0.4) is 0 Å². The fourth-order valence-corrected chi connectivity index (χ4v) is 9.93. The van der Waals surface area contributed by atoms with Gasteiger partial charge in [-0.1, -0.05) is 298 Å². The number of carbonyl (C=O) groups excluding carboxylic acids is 3. The SMILES string of the molecule is CC/C=C\C/C=C\C/C=C\CCCCCCCC(=O)OCC(COC(=O)CCCCCCCCCCCCCCCCCCCCC/C=C\C/C=C\CCCCCCC)OC(=O)CCCCCCC/C=C\C/C=C\CCCCCC. The summed E-state index contributed by atoms with van der Waals surface area (Å²) < 4.78 is 16.9. The molecule has 80 heavy (non-hydrogen) atoms. The summed E-state index contributed by atoms with van der Waals surface area (Å²) in [6, 6.07) is 0. The molecule has 0 bridgehead atoms. The Bertz CT molecular complexity index is 1520. The van der Waals surface area contributed by atoms with Crippen molar-refractivity contribution in [2.24, 2.45) is 0 Å². The van der Waals surface area contributed by atoms with Crippen molar-refractivity contribution in [3.05, 3.63) is 85.1 Å². The second-order valence-electron chi connectivity index (χ2n) is 23.1. The summed E-state index contributed by atoms with van der Waals surface area (Å²) >= 11 is 0. The molecular formula is C74H130O6. The Morgan fingerprint density at radius 1 is 0.263 bits per heavy atom. The Balaban J connectivity index is 4.21. The molecule has 1 atom stereocenters. The van der Waals surface area contributed by atoms with Gasteiger partial charge in [0, 0.05) is 19.3 Å². The van der Waals surface area contributed by atoms with Gasteiger partial charge in [-0.3, -0.25) is 14.4 Å². The number of allylic oxidation sites excluding steroid dienone is 14. The van der Waals surface area contributed by atoms with Crippen LogP contribution in [-0.2, 0) is 28.6 Å². The van der Waals surface area contributed by atoms with Crippen LogP contribution in [0.2, 0.25) is 0 Å². The fourth-order valence-electron chi connectivity index (χ4n) is 9.93. The standard InChI is InChI=1S/C74H130O6/c1-4-7-10-13-16-19-22-25-28-30-31-32-33-34-35-36-37-38-39-40-41-42-43-44-47-49-52-55-58-61-64-67-73(76)79-70-71(69-78-72(75)66-63-60-57-54-51-48-45-27-24-21-18-15-12-9-6-3)80-74(77)68-65-62-59-56-53-50-46-29-26-23-20-17-14-11-8-5-2/h9,12,18,20-23,25,27,29-31,45-46,71H,4-8,10-11,13-17,19,24,26,28,32-44,47-70H2,1-3H3/b12-9-,21-18-,23-20-,25-22-,31-30-,45-27-,46-29-. The van der Waals surface area contributed by atoms with E-state index in [9.17, 15) is 14.4 Å². The maximum Gasteiger partial charge on any atom is 0.306 e. The molecule has 0 aliphatic heterocycles. The minimum Gasteiger partial charge on any atom is -0.462 e. The summed E-state index contributed by atoms with van der Waals surface area (Å²) in [5.74, 6) is -0.902. The minimum absolute atomic E-state index is 0.0853. The lowest BCUT2D eigenvalue weighted by atomic mass is 10.0. The first kappa shape index (κ1) is 76.6. The van der Waals surface area contributed by atoms with Gasteiger partial charge in [-0.05, 0) is 116 Å². The Labute approximate surface area is 496 Å². The third kappa shape index (κ3) is 65.4. The van der Waals surface area contributed by atoms with Crippen LogP contribution in [0.1, 0.15) is 348 Å². The van der Waals surface area contributed by atoms with Crippen LogP contribution in [-0.4, -0.2) is 37.2 Å². The summed E-state index contributed by atoms with van der Waals surface area (Å²) in [5, 5.41) is 0. The molecule has 6 nitrogen and oxygen atoms in total. The molecule has 0 aliphatic rings. The topological polar surface area (TPSA) is 78.9 Å². The predicted molar refractivity (Wildman–Crippen MR) is 348 cm³/mol. The second-order valence-corrected chi connectivity index (χ2v) is 23.1. The van der Waals surface area contributed by atoms with Crippen LogP contribution in [0.25, 0.3) is 0 Å². The van der Waals surface area contributed by atoms with Gasteiger partial charge < -0.3 is 14.2 Å². The highest BCUT2D eigenvalue weighted by atomic mass is 16.6. The largest absolute Gasteiger partial charge is 0.462 e. The average Bonchev–Trinajstić information content (AvgIpc) is 3.46. The smallest absolute Gasteiger partial charge is 0.306 e. The van der Waals surface area contributed by atoms with Crippen molar-refractivity contribution in [3.63, 3.8) is 0 Å². The second kappa shape index (κ2) is 68.1. The van der Waals surface area contributed by atoms with Crippen molar-refractivity contribution >= 4 is 17.9 Å². The maximum atomic E-state index is 12.9. The van der Waals surface area contributed by atoms with Crippen LogP contribution in [0.4, 0.5) is 0 Å². The normalized spacial score (nSPS) is 12.6. The van der Waals surface area contributed by atoms with Gasteiger partial charge in [-0.15, -0.1) is 0 Å². The van der Waals surface area contributed by atoms with E-state index in [0.717, 1.165) is 128 Å². The molecule has 0 amide bonds. The summed E-state index contributed by atoms with van der Waals surface area (Å²) in [4.78, 5) is 38.4. The Kier molecular flexibility index (Phi) is 65.2. The zero-order valence-corrected chi connectivity index (χ0v) is 53.1. The average molecular weight is 1120 g/mol. The van der Waals surface area contributed by atoms with Crippen molar-refractivity contribution in [3.8, 4) is 0 Å². The quantitative estimate of drug-likeness (QED) is 0.0261. The van der Waals surface area contributed by atoms with Gasteiger partial charge in [0.25, 0.3) is 0 Å². The predicted octanol–water partition coefficient (Wildman–Crippen LogP) is 23.8. The van der Waals surface area contributed by atoms with Crippen molar-refractivity contribution in [1.82, 2.24) is 0 Å². The molecule has 0 radical (unpaired) electrons. The lowest BCUT2D eigenvalue weighted by Gasteiger charge is -2.18. The third-order valence-electron chi connectivity index (χ3n) is 15.1. The number of unbranched alkanes of at least 4 members (excludes halogenated alkanes) is 38. The van der Waals surface area contributed by atoms with Crippen LogP contribution >= 0.6 is 0 Å². The fraction of sp³-hybridized carbons (Fsp3) is 0.770. The lowest BCUT2D eigenvalue weighted by molar-refractivity contribution is -0.167. The zero-order valence-electron chi connectivity index (χ0n) is 53.1. The molecule has 0 fully saturated rings. The van der Waals surface area contributed by atoms with E-state index in [1.165, 1.54) is 180 Å². The molecule has 0 spiro atoms. The van der Waals surface area contributed by atoms with E-state index < -0.39 is 6.10 Å². The zero-order chi connectivity index (χ0) is 57.8. The van der Waals surface area contributed by atoms with E-state index >= 15 is 0 Å². The molecule has 0 saturated carbocycles. The van der Waals surface area contributed by atoms with Crippen molar-refractivity contribution in [2.75, 3.05) is 13.2 Å². The van der Waals surface area contributed by atoms with E-state index in [4.69, 9.17) is 14.2 Å². The van der Waals surface area contributed by atoms with E-state index in [0.29, 0.717) is 19.3 Å². The molecule has 0 heterocycles. The van der Waals surface area contributed by atoms with Crippen molar-refractivity contribution in [1.29, 1.82) is 0 Å². The highest BCUT2D eigenvalue weighted by Crippen LogP contribution is 2.17. The first-order chi connectivity index (χ1) is 39.5. The van der Waals surface area contributed by atoms with E-state index in [1.54, 1.807) is 0 Å². The van der Waals surface area contributed by atoms with Gasteiger partial charge in [-0.2, -0.15) is 0 Å². The van der Waals surface area contributed by atoms with Gasteiger partial charge in [-0.25, -0.2) is 0 Å². The maximum absolute atomic E-state index is 12.9. The highest BCUT2D eigenvalue weighted by Gasteiger charge is 2.19. The number of rotatable bonds is 63. The molecule has 0 aliphatic carbocycles. The molecule has 462 valence electrons. The van der Waals surface area contributed by atoms with Gasteiger partial charge in [0.15, 0.2) is 6.10 Å². The van der Waals surface area contributed by atoms with E-state index in [1.807, 2.05) is 0 Å². The first-order valence-corrected chi connectivity index (χ1v) is 34.6. The number of hydrogen-bond donors (Lipinski definition) is 0. The molecule has 0 aromatic rings. The monoisotopic (exact) mass is 1110 g/mol. The molecule has 0 saturated heterocycles. The molecule has 0 aromatic carbocycles. The lowest BCUT2D eigenvalue weighted by Crippen LogP contribution is -2.30. The minimum atomic E-state index is -0.792. The van der Waals surface area contributed by atoms with Crippen molar-refractivity contribution in [2.45, 2.75) is 354 Å². The van der Waals surface area contributed by atoms with Crippen LogP contribution in [0.15, 0.2) is 85.1 Å². The van der Waals surface area contributed by atoms with Gasteiger partial charge in [0.1, 0.15) is 13.2 Å². The van der Waals surface area contributed by atoms with Crippen LogP contribution < -0.4 is 0 Å². The molecular weight excluding hydrogens is 985 g/mol. The van der Waals surface area contributed by atoms with E-state index in [-0.39, 0.29) is 31.1 Å². The Hall–Kier alpha value is -3.41. The summed E-state index contributed by atoms with van der Waals surface area (Å²) in [6.45, 7) is 6.51. The molecule has 0 N–H and O–H groups in total. The Morgan fingerprint density at radius 2 is 0.487 bits per heavy atom. The van der Waals surface area contributed by atoms with Gasteiger partial charge in [0.05, 0.1) is 0 Å². The molecule has 1 unspecified atom stereocenters.